The van der Waals surface area contributed by atoms with Crippen molar-refractivity contribution >= 4 is 29.0 Å². The highest BCUT2D eigenvalue weighted by atomic mass is 32.2. The summed E-state index contributed by atoms with van der Waals surface area (Å²) in [6.45, 7) is 2.05. The molecule has 0 aliphatic heterocycles. The molecule has 0 radical (unpaired) electrons. The van der Waals surface area contributed by atoms with Crippen molar-refractivity contribution < 1.29 is 14.1 Å². The molecule has 0 saturated heterocycles. The fraction of sp³-hybridized carbons (Fsp3) is 0.200. The third kappa shape index (κ3) is 4.25. The number of carbonyl (C=O) groups excluding carboxylic acids is 1. The minimum Gasteiger partial charge on any atom is -0.467 e. The Morgan fingerprint density at radius 3 is 3.00 bits per heavy atom. The Bertz CT molecular complexity index is 911. The van der Waals surface area contributed by atoms with Crippen molar-refractivity contribution in [3.63, 3.8) is 0 Å². The van der Waals surface area contributed by atoms with Crippen LogP contribution in [0.5, 0.6) is 0 Å². The second kappa shape index (κ2) is 7.78. The Kier molecular flexibility index (Phi) is 5.27. The number of hydrogen-bond acceptors (Lipinski definition) is 8. The molecular formula is C15H14N6O4S. The SMILES string of the molecule is CC(Sc1nnnn1Cc1ccco1)C(=O)Nc1cccc([N+](=O)[O-])c1. The van der Waals surface area contributed by atoms with E-state index in [9.17, 15) is 14.9 Å². The third-order valence-corrected chi connectivity index (χ3v) is 4.43. The molecule has 3 rings (SSSR count). The van der Waals surface area contributed by atoms with Crippen LogP contribution >= 0.6 is 11.8 Å². The molecule has 0 spiro atoms. The van der Waals surface area contributed by atoms with Crippen LogP contribution in [0.3, 0.4) is 0 Å². The predicted molar refractivity (Wildman–Crippen MR) is 92.7 cm³/mol. The van der Waals surface area contributed by atoms with Crippen molar-refractivity contribution in [3.05, 3.63) is 58.5 Å². The number of tetrazole rings is 1. The molecule has 0 aliphatic carbocycles. The van der Waals surface area contributed by atoms with E-state index >= 15 is 0 Å². The maximum absolute atomic E-state index is 12.3. The number of nitro benzene ring substituents is 1. The van der Waals surface area contributed by atoms with Gasteiger partial charge in [-0.2, -0.15) is 0 Å². The molecule has 10 nitrogen and oxygen atoms in total. The quantitative estimate of drug-likeness (QED) is 0.379. The molecule has 2 aromatic heterocycles. The second-order valence-electron chi connectivity index (χ2n) is 5.26. The topological polar surface area (TPSA) is 129 Å². The van der Waals surface area contributed by atoms with E-state index in [4.69, 9.17) is 4.42 Å². The molecule has 1 unspecified atom stereocenters. The van der Waals surface area contributed by atoms with Crippen LogP contribution in [0.2, 0.25) is 0 Å². The van der Waals surface area contributed by atoms with Gasteiger partial charge in [-0.1, -0.05) is 17.8 Å². The number of carbonyl (C=O) groups is 1. The summed E-state index contributed by atoms with van der Waals surface area (Å²) in [4.78, 5) is 22.6. The fourth-order valence-electron chi connectivity index (χ4n) is 2.08. The number of anilines is 1. The van der Waals surface area contributed by atoms with Crippen LogP contribution in [0.15, 0.2) is 52.2 Å². The number of non-ortho nitro benzene ring substituents is 1. The highest BCUT2D eigenvalue weighted by Crippen LogP contribution is 2.23. The Labute approximate surface area is 151 Å². The standard InChI is InChI=1S/C15H14N6O4S/c1-10(14(22)16-11-4-2-5-12(8-11)21(23)24)26-15-17-18-19-20(15)9-13-6-3-7-25-13/h2-8,10H,9H2,1H3,(H,16,22). The van der Waals surface area contributed by atoms with Crippen molar-refractivity contribution in [1.29, 1.82) is 0 Å². The van der Waals surface area contributed by atoms with E-state index in [1.165, 1.54) is 34.6 Å². The average molecular weight is 374 g/mol. The van der Waals surface area contributed by atoms with Crippen LogP contribution in [0.1, 0.15) is 12.7 Å². The molecule has 1 aromatic carbocycles. The molecule has 1 amide bonds. The van der Waals surface area contributed by atoms with Crippen molar-refractivity contribution in [2.24, 2.45) is 0 Å². The number of aromatic nitrogens is 4. The first kappa shape index (κ1) is 17.6. The van der Waals surface area contributed by atoms with E-state index in [2.05, 4.69) is 20.8 Å². The molecule has 2 heterocycles. The number of hydrogen-bond donors (Lipinski definition) is 1. The molecule has 11 heteroatoms. The molecular weight excluding hydrogens is 360 g/mol. The van der Waals surface area contributed by atoms with Crippen LogP contribution in [0, 0.1) is 10.1 Å². The van der Waals surface area contributed by atoms with Gasteiger partial charge in [0.2, 0.25) is 11.1 Å². The Hall–Kier alpha value is -3.21. The summed E-state index contributed by atoms with van der Waals surface area (Å²) < 4.78 is 6.79. The highest BCUT2D eigenvalue weighted by molar-refractivity contribution is 8.00. The number of benzene rings is 1. The molecule has 1 N–H and O–H groups in total. The lowest BCUT2D eigenvalue weighted by Crippen LogP contribution is -2.23. The van der Waals surface area contributed by atoms with Gasteiger partial charge in [-0.25, -0.2) is 4.68 Å². The number of thioether (sulfide) groups is 1. The van der Waals surface area contributed by atoms with E-state index in [0.717, 1.165) is 0 Å². The molecule has 0 bridgehead atoms. The van der Waals surface area contributed by atoms with Crippen molar-refractivity contribution in [3.8, 4) is 0 Å². The van der Waals surface area contributed by atoms with Gasteiger partial charge in [0.25, 0.3) is 5.69 Å². The lowest BCUT2D eigenvalue weighted by Gasteiger charge is -2.11. The number of furan rings is 1. The number of nitrogens with zero attached hydrogens (tertiary/aromatic N) is 5. The second-order valence-corrected chi connectivity index (χ2v) is 6.56. The van der Waals surface area contributed by atoms with Gasteiger partial charge in [0.15, 0.2) is 0 Å². The van der Waals surface area contributed by atoms with Gasteiger partial charge in [-0.05, 0) is 35.5 Å². The van der Waals surface area contributed by atoms with Crippen LogP contribution in [-0.4, -0.2) is 36.3 Å². The molecule has 0 fully saturated rings. The monoisotopic (exact) mass is 374 g/mol. The number of amides is 1. The van der Waals surface area contributed by atoms with Crippen LogP contribution in [-0.2, 0) is 11.3 Å². The Morgan fingerprint density at radius 2 is 2.27 bits per heavy atom. The van der Waals surface area contributed by atoms with E-state index in [1.54, 1.807) is 31.4 Å². The van der Waals surface area contributed by atoms with Crippen LogP contribution in [0.4, 0.5) is 11.4 Å². The first-order chi connectivity index (χ1) is 12.5. The van der Waals surface area contributed by atoms with Gasteiger partial charge < -0.3 is 9.73 Å². The summed E-state index contributed by atoms with van der Waals surface area (Å²) in [5.74, 6) is 0.371. The molecule has 0 saturated carbocycles. The fourth-order valence-corrected chi connectivity index (χ4v) is 2.87. The normalized spacial score (nSPS) is 11.9. The van der Waals surface area contributed by atoms with Crippen molar-refractivity contribution in [2.45, 2.75) is 23.9 Å². The summed E-state index contributed by atoms with van der Waals surface area (Å²) in [6.07, 6.45) is 1.56. The van der Waals surface area contributed by atoms with Gasteiger partial charge in [-0.3, -0.25) is 14.9 Å². The molecule has 26 heavy (non-hydrogen) atoms. The first-order valence-electron chi connectivity index (χ1n) is 7.53. The number of nitro groups is 1. The summed E-state index contributed by atoms with van der Waals surface area (Å²) in [7, 11) is 0. The lowest BCUT2D eigenvalue weighted by atomic mass is 10.2. The van der Waals surface area contributed by atoms with E-state index < -0.39 is 10.2 Å². The zero-order valence-electron chi connectivity index (χ0n) is 13.6. The number of rotatable bonds is 7. The maximum Gasteiger partial charge on any atom is 0.271 e. The summed E-state index contributed by atoms with van der Waals surface area (Å²) >= 11 is 1.18. The summed E-state index contributed by atoms with van der Waals surface area (Å²) in [5, 5.41) is 24.8. The minimum atomic E-state index is -0.518. The van der Waals surface area contributed by atoms with Crippen LogP contribution in [0.25, 0.3) is 0 Å². The third-order valence-electron chi connectivity index (χ3n) is 3.36. The van der Waals surface area contributed by atoms with Gasteiger partial charge >= 0.3 is 0 Å². The molecule has 3 aromatic rings. The van der Waals surface area contributed by atoms with Gasteiger partial charge in [0.05, 0.1) is 16.4 Å². The highest BCUT2D eigenvalue weighted by Gasteiger charge is 2.20. The maximum atomic E-state index is 12.3. The van der Waals surface area contributed by atoms with Crippen molar-refractivity contribution in [1.82, 2.24) is 20.2 Å². The van der Waals surface area contributed by atoms with E-state index in [0.29, 0.717) is 23.1 Å². The summed E-state index contributed by atoms with van der Waals surface area (Å²) in [6, 6.07) is 9.32. The molecule has 1 atom stereocenters. The zero-order chi connectivity index (χ0) is 18.5. The zero-order valence-corrected chi connectivity index (χ0v) is 14.4. The molecule has 0 aliphatic rings. The smallest absolute Gasteiger partial charge is 0.271 e. The van der Waals surface area contributed by atoms with Gasteiger partial charge in [-0.15, -0.1) is 5.10 Å². The first-order valence-corrected chi connectivity index (χ1v) is 8.41. The largest absolute Gasteiger partial charge is 0.467 e. The average Bonchev–Trinajstić information content (AvgIpc) is 3.28. The summed E-state index contributed by atoms with van der Waals surface area (Å²) in [5.41, 5.74) is 0.261. The minimum absolute atomic E-state index is 0.0921. The number of nitrogens with one attached hydrogen (secondary N) is 1. The van der Waals surface area contributed by atoms with E-state index in [-0.39, 0.29) is 11.6 Å². The Balaban J connectivity index is 1.64. The van der Waals surface area contributed by atoms with Gasteiger partial charge in [0.1, 0.15) is 12.3 Å². The van der Waals surface area contributed by atoms with Crippen LogP contribution < -0.4 is 5.32 Å². The predicted octanol–water partition coefficient (Wildman–Crippen LogP) is 2.34. The Morgan fingerprint density at radius 1 is 1.42 bits per heavy atom. The van der Waals surface area contributed by atoms with E-state index in [1.807, 2.05) is 0 Å². The lowest BCUT2D eigenvalue weighted by molar-refractivity contribution is -0.384. The van der Waals surface area contributed by atoms with Crippen molar-refractivity contribution in [2.75, 3.05) is 5.32 Å². The molecule has 134 valence electrons. The van der Waals surface area contributed by atoms with Gasteiger partial charge in [0, 0.05) is 17.8 Å².